The second-order valence-electron chi connectivity index (χ2n) is 6.51. The van der Waals surface area contributed by atoms with Crippen molar-refractivity contribution in [3.05, 3.63) is 78.4 Å². The number of aryl methyl sites for hydroxylation is 1. The first-order valence-electron chi connectivity index (χ1n) is 9.12. The normalized spacial score (nSPS) is 10.9. The van der Waals surface area contributed by atoms with Crippen LogP contribution in [0.15, 0.2) is 77.7 Å². The van der Waals surface area contributed by atoms with E-state index in [2.05, 4.69) is 10.0 Å². The number of rotatable bonds is 8. The van der Waals surface area contributed by atoms with Crippen molar-refractivity contribution in [2.75, 3.05) is 23.8 Å². The van der Waals surface area contributed by atoms with Crippen LogP contribution in [0.4, 0.5) is 11.4 Å². The topological polar surface area (TPSA) is 93.7 Å². The van der Waals surface area contributed by atoms with Crippen LogP contribution in [0.5, 0.6) is 11.5 Å². The number of amides is 1. The maximum absolute atomic E-state index is 12.5. The summed E-state index contributed by atoms with van der Waals surface area (Å²) in [5.74, 6) is 0.868. The van der Waals surface area contributed by atoms with Crippen LogP contribution < -0.4 is 19.5 Å². The molecule has 0 unspecified atom stereocenters. The number of hydrogen-bond acceptors (Lipinski definition) is 5. The van der Waals surface area contributed by atoms with Gasteiger partial charge in [-0.05, 0) is 73.2 Å². The zero-order valence-corrected chi connectivity index (χ0v) is 17.4. The number of carbonyl (C=O) groups is 1. The molecule has 7 nitrogen and oxygen atoms in total. The van der Waals surface area contributed by atoms with Gasteiger partial charge in [-0.1, -0.05) is 12.1 Å². The molecule has 2 N–H and O–H groups in total. The molecule has 0 aliphatic heterocycles. The standard InChI is InChI=1S/C22H22N2O5S/c1-16-4-3-5-18(14-16)24-30(26,27)21-12-6-17(7-13-21)23-22(25)15-29-20-10-8-19(28-2)9-11-20/h3-14,24H,15H2,1-2H3,(H,23,25). The van der Waals surface area contributed by atoms with Crippen LogP contribution in [-0.4, -0.2) is 28.0 Å². The van der Waals surface area contributed by atoms with Crippen molar-refractivity contribution in [1.82, 2.24) is 0 Å². The van der Waals surface area contributed by atoms with Gasteiger partial charge in [-0.3, -0.25) is 9.52 Å². The quantitative estimate of drug-likeness (QED) is 0.571. The van der Waals surface area contributed by atoms with Crippen molar-refractivity contribution in [3.8, 4) is 11.5 Å². The number of nitrogens with one attached hydrogen (secondary N) is 2. The number of hydrogen-bond donors (Lipinski definition) is 2. The highest BCUT2D eigenvalue weighted by Crippen LogP contribution is 2.20. The van der Waals surface area contributed by atoms with Gasteiger partial charge in [0.1, 0.15) is 11.5 Å². The number of ether oxygens (including phenoxy) is 2. The van der Waals surface area contributed by atoms with Crippen LogP contribution in [0.2, 0.25) is 0 Å². The second-order valence-corrected chi connectivity index (χ2v) is 8.19. The molecule has 0 bridgehead atoms. The summed E-state index contributed by atoms with van der Waals surface area (Å²) in [7, 11) is -2.16. The number of benzene rings is 3. The third-order valence-corrected chi connectivity index (χ3v) is 5.55. The Morgan fingerprint density at radius 1 is 0.900 bits per heavy atom. The fraction of sp³-hybridized carbons (Fsp3) is 0.136. The summed E-state index contributed by atoms with van der Waals surface area (Å²) >= 11 is 0. The van der Waals surface area contributed by atoms with E-state index in [9.17, 15) is 13.2 Å². The molecular weight excluding hydrogens is 404 g/mol. The van der Waals surface area contributed by atoms with Gasteiger partial charge in [0.15, 0.2) is 6.61 Å². The Kier molecular flexibility index (Phi) is 6.58. The minimum atomic E-state index is -3.72. The van der Waals surface area contributed by atoms with Crippen LogP contribution in [0.25, 0.3) is 0 Å². The number of carbonyl (C=O) groups excluding carboxylic acids is 1. The lowest BCUT2D eigenvalue weighted by atomic mass is 10.2. The smallest absolute Gasteiger partial charge is 0.262 e. The highest BCUT2D eigenvalue weighted by Gasteiger charge is 2.14. The molecule has 0 saturated heterocycles. The number of methoxy groups -OCH3 is 1. The molecule has 3 aromatic rings. The molecule has 0 atom stereocenters. The Labute approximate surface area is 175 Å². The van der Waals surface area contributed by atoms with E-state index >= 15 is 0 Å². The molecule has 3 rings (SSSR count). The summed E-state index contributed by atoms with van der Waals surface area (Å²) < 4.78 is 38.1. The monoisotopic (exact) mass is 426 g/mol. The molecule has 0 spiro atoms. The Morgan fingerprint density at radius 3 is 2.20 bits per heavy atom. The third-order valence-electron chi connectivity index (χ3n) is 4.15. The van der Waals surface area contributed by atoms with E-state index in [4.69, 9.17) is 9.47 Å². The van der Waals surface area contributed by atoms with E-state index < -0.39 is 10.0 Å². The van der Waals surface area contributed by atoms with Crippen molar-refractivity contribution in [2.45, 2.75) is 11.8 Å². The van der Waals surface area contributed by atoms with Gasteiger partial charge in [0.25, 0.3) is 15.9 Å². The van der Waals surface area contributed by atoms with Crippen molar-refractivity contribution in [2.24, 2.45) is 0 Å². The Morgan fingerprint density at radius 2 is 1.57 bits per heavy atom. The van der Waals surface area contributed by atoms with Gasteiger partial charge in [-0.2, -0.15) is 0 Å². The van der Waals surface area contributed by atoms with Crippen molar-refractivity contribution < 1.29 is 22.7 Å². The van der Waals surface area contributed by atoms with Gasteiger partial charge in [-0.15, -0.1) is 0 Å². The molecule has 0 saturated carbocycles. The Balaban J connectivity index is 1.57. The van der Waals surface area contributed by atoms with Crippen molar-refractivity contribution >= 4 is 27.3 Å². The third kappa shape index (κ3) is 5.74. The molecule has 0 radical (unpaired) electrons. The maximum atomic E-state index is 12.5. The summed E-state index contributed by atoms with van der Waals surface area (Å²) in [4.78, 5) is 12.2. The second kappa shape index (κ2) is 9.32. The molecule has 0 aliphatic rings. The fourth-order valence-electron chi connectivity index (χ4n) is 2.66. The van der Waals surface area contributed by atoms with Gasteiger partial charge in [0.2, 0.25) is 0 Å². The van der Waals surface area contributed by atoms with Crippen molar-refractivity contribution in [3.63, 3.8) is 0 Å². The Hall–Kier alpha value is -3.52. The van der Waals surface area contributed by atoms with E-state index in [1.165, 1.54) is 24.3 Å². The predicted molar refractivity (Wildman–Crippen MR) is 116 cm³/mol. The summed E-state index contributed by atoms with van der Waals surface area (Å²) in [6, 6.07) is 19.9. The zero-order valence-electron chi connectivity index (χ0n) is 16.6. The zero-order chi connectivity index (χ0) is 21.6. The highest BCUT2D eigenvalue weighted by molar-refractivity contribution is 7.92. The van der Waals surface area contributed by atoms with E-state index in [-0.39, 0.29) is 17.4 Å². The molecule has 30 heavy (non-hydrogen) atoms. The minimum Gasteiger partial charge on any atom is -0.497 e. The van der Waals surface area contributed by atoms with E-state index in [1.807, 2.05) is 13.0 Å². The summed E-state index contributed by atoms with van der Waals surface area (Å²) in [5, 5.41) is 2.67. The molecule has 3 aromatic carbocycles. The van der Waals surface area contributed by atoms with Gasteiger partial charge in [-0.25, -0.2) is 8.42 Å². The molecule has 0 heterocycles. The minimum absolute atomic E-state index is 0.0940. The SMILES string of the molecule is COc1ccc(OCC(=O)Nc2ccc(S(=O)(=O)Nc3cccc(C)c3)cc2)cc1. The van der Waals surface area contributed by atoms with Gasteiger partial charge in [0, 0.05) is 11.4 Å². The first-order chi connectivity index (χ1) is 14.4. The van der Waals surface area contributed by atoms with Crippen LogP contribution >= 0.6 is 0 Å². The summed E-state index contributed by atoms with van der Waals surface area (Å²) in [6.07, 6.45) is 0. The Bertz CT molecular complexity index is 1110. The van der Waals surface area contributed by atoms with E-state index in [1.54, 1.807) is 49.6 Å². The van der Waals surface area contributed by atoms with Crippen LogP contribution in [0.3, 0.4) is 0 Å². The van der Waals surface area contributed by atoms with Crippen LogP contribution in [0, 0.1) is 6.92 Å². The van der Waals surface area contributed by atoms with Gasteiger partial charge in [0.05, 0.1) is 12.0 Å². The molecule has 1 amide bonds. The lowest BCUT2D eigenvalue weighted by molar-refractivity contribution is -0.118. The summed E-state index contributed by atoms with van der Waals surface area (Å²) in [6.45, 7) is 1.70. The number of anilines is 2. The molecule has 0 fully saturated rings. The van der Waals surface area contributed by atoms with E-state index in [0.717, 1.165) is 5.56 Å². The van der Waals surface area contributed by atoms with E-state index in [0.29, 0.717) is 22.9 Å². The van der Waals surface area contributed by atoms with Gasteiger partial charge < -0.3 is 14.8 Å². The highest BCUT2D eigenvalue weighted by atomic mass is 32.2. The molecule has 8 heteroatoms. The largest absolute Gasteiger partial charge is 0.497 e. The molecule has 0 aromatic heterocycles. The average molecular weight is 426 g/mol. The predicted octanol–water partition coefficient (Wildman–Crippen LogP) is 3.82. The van der Waals surface area contributed by atoms with Crippen LogP contribution in [0.1, 0.15) is 5.56 Å². The lowest BCUT2D eigenvalue weighted by Crippen LogP contribution is -2.20. The number of sulfonamides is 1. The molecule has 0 aliphatic carbocycles. The fourth-order valence-corrected chi connectivity index (χ4v) is 3.71. The average Bonchev–Trinajstić information content (AvgIpc) is 2.73. The molecule has 156 valence electrons. The van der Waals surface area contributed by atoms with Crippen LogP contribution in [-0.2, 0) is 14.8 Å². The first kappa shape index (κ1) is 21.2. The summed E-state index contributed by atoms with van der Waals surface area (Å²) in [5.41, 5.74) is 1.90. The molecular formula is C22H22N2O5S. The van der Waals surface area contributed by atoms with Crippen molar-refractivity contribution in [1.29, 1.82) is 0 Å². The van der Waals surface area contributed by atoms with Gasteiger partial charge >= 0.3 is 0 Å². The lowest BCUT2D eigenvalue weighted by Gasteiger charge is -2.10. The first-order valence-corrected chi connectivity index (χ1v) is 10.6. The maximum Gasteiger partial charge on any atom is 0.262 e.